The fourth-order valence-electron chi connectivity index (χ4n) is 3.30. The molecule has 2 aromatic rings. The van der Waals surface area contributed by atoms with Crippen molar-refractivity contribution in [1.29, 1.82) is 0 Å². The summed E-state index contributed by atoms with van der Waals surface area (Å²) in [5.74, 6) is 1.85. The number of carbonyl (C=O) groups is 2. The summed E-state index contributed by atoms with van der Waals surface area (Å²) in [5, 5.41) is 3.04. The number of rotatable bonds is 9. The number of thioether (sulfide) groups is 1. The van der Waals surface area contributed by atoms with Crippen LogP contribution in [0.2, 0.25) is 0 Å². The van der Waals surface area contributed by atoms with Crippen LogP contribution in [0.3, 0.4) is 0 Å². The van der Waals surface area contributed by atoms with Crippen LogP contribution in [0.1, 0.15) is 41.8 Å². The van der Waals surface area contributed by atoms with Crippen LogP contribution in [-0.2, 0) is 17.1 Å². The molecular weight excluding hydrogens is 368 g/mol. The fraction of sp³-hybridized carbons (Fsp3) is 0.391. The summed E-state index contributed by atoms with van der Waals surface area (Å²) >= 11 is 1.70. The predicted molar refractivity (Wildman–Crippen MR) is 115 cm³/mol. The van der Waals surface area contributed by atoms with E-state index in [1.807, 2.05) is 42.5 Å². The molecule has 148 valence electrons. The standard InChI is InChI=1S/C23H28N2O2S/c1-17(2)12-13-24-22(26)21(16-28-15-18-8-4-3-5-9-18)25-14-19-10-6-7-11-20(19)23(25)27/h3-11,17,21H,12-16H2,1-2H3,(H,24,26)/t21-/m0/s1. The molecule has 0 fully saturated rings. The first-order chi connectivity index (χ1) is 13.6. The highest BCUT2D eigenvalue weighted by molar-refractivity contribution is 7.98. The van der Waals surface area contributed by atoms with Crippen molar-refractivity contribution >= 4 is 23.6 Å². The van der Waals surface area contributed by atoms with Crippen molar-refractivity contribution in [2.24, 2.45) is 5.92 Å². The third kappa shape index (κ3) is 5.16. The van der Waals surface area contributed by atoms with Crippen LogP contribution in [0, 0.1) is 5.92 Å². The monoisotopic (exact) mass is 396 g/mol. The summed E-state index contributed by atoms with van der Waals surface area (Å²) in [6.07, 6.45) is 0.934. The van der Waals surface area contributed by atoms with Crippen molar-refractivity contribution < 1.29 is 9.59 Å². The van der Waals surface area contributed by atoms with Crippen molar-refractivity contribution in [2.75, 3.05) is 12.3 Å². The zero-order valence-electron chi connectivity index (χ0n) is 16.6. The van der Waals surface area contributed by atoms with Gasteiger partial charge in [0, 0.05) is 30.2 Å². The molecule has 1 aliphatic heterocycles. The van der Waals surface area contributed by atoms with Gasteiger partial charge in [0.25, 0.3) is 5.91 Å². The number of benzene rings is 2. The molecule has 1 atom stereocenters. The van der Waals surface area contributed by atoms with Crippen molar-refractivity contribution in [3.05, 3.63) is 71.3 Å². The van der Waals surface area contributed by atoms with E-state index in [4.69, 9.17) is 0 Å². The minimum Gasteiger partial charge on any atom is -0.354 e. The first-order valence-corrected chi connectivity index (χ1v) is 11.0. The Bertz CT molecular complexity index is 807. The second-order valence-corrected chi connectivity index (χ2v) is 8.61. The molecule has 1 aliphatic rings. The highest BCUT2D eigenvalue weighted by Crippen LogP contribution is 2.26. The van der Waals surface area contributed by atoms with Crippen LogP contribution in [0.4, 0.5) is 0 Å². The SMILES string of the molecule is CC(C)CCNC(=O)[C@H](CSCc1ccccc1)N1Cc2ccccc2C1=O. The van der Waals surface area contributed by atoms with Gasteiger partial charge in [-0.1, -0.05) is 62.4 Å². The van der Waals surface area contributed by atoms with Gasteiger partial charge in [-0.2, -0.15) is 11.8 Å². The Hall–Kier alpha value is -2.27. The second-order valence-electron chi connectivity index (χ2n) is 7.58. The lowest BCUT2D eigenvalue weighted by atomic mass is 10.1. The highest BCUT2D eigenvalue weighted by Gasteiger charge is 2.35. The fourth-order valence-corrected chi connectivity index (χ4v) is 4.40. The molecule has 0 bridgehead atoms. The Labute approximate surface area is 171 Å². The molecular formula is C23H28N2O2S. The van der Waals surface area contributed by atoms with Crippen LogP contribution >= 0.6 is 11.8 Å². The maximum Gasteiger partial charge on any atom is 0.255 e. The first kappa shape index (κ1) is 20.5. The lowest BCUT2D eigenvalue weighted by Crippen LogP contribution is -2.49. The molecule has 28 heavy (non-hydrogen) atoms. The molecule has 2 aromatic carbocycles. The molecule has 0 radical (unpaired) electrons. The normalized spacial score (nSPS) is 14.2. The van der Waals surface area contributed by atoms with E-state index in [-0.39, 0.29) is 11.8 Å². The van der Waals surface area contributed by atoms with Gasteiger partial charge >= 0.3 is 0 Å². The number of amides is 2. The Morgan fingerprint density at radius 2 is 1.82 bits per heavy atom. The van der Waals surface area contributed by atoms with Crippen molar-refractivity contribution in [3.63, 3.8) is 0 Å². The van der Waals surface area contributed by atoms with E-state index in [1.165, 1.54) is 5.56 Å². The molecule has 0 spiro atoms. The van der Waals surface area contributed by atoms with Crippen molar-refractivity contribution in [3.8, 4) is 0 Å². The lowest BCUT2D eigenvalue weighted by molar-refractivity contribution is -0.125. The van der Waals surface area contributed by atoms with Gasteiger partial charge in [-0.05, 0) is 29.5 Å². The number of carbonyl (C=O) groups excluding carboxylic acids is 2. The Balaban J connectivity index is 1.67. The largest absolute Gasteiger partial charge is 0.354 e. The zero-order valence-corrected chi connectivity index (χ0v) is 17.4. The quantitative estimate of drug-likeness (QED) is 0.694. The lowest BCUT2D eigenvalue weighted by Gasteiger charge is -2.27. The number of hydrogen-bond acceptors (Lipinski definition) is 3. The minimum atomic E-state index is -0.458. The third-order valence-electron chi connectivity index (χ3n) is 4.94. The van der Waals surface area contributed by atoms with E-state index in [9.17, 15) is 9.59 Å². The number of fused-ring (bicyclic) bond motifs is 1. The van der Waals surface area contributed by atoms with E-state index >= 15 is 0 Å². The summed E-state index contributed by atoms with van der Waals surface area (Å²) in [6, 6.07) is 17.4. The predicted octanol–water partition coefficient (Wildman–Crippen LogP) is 4.11. The Kier molecular flexibility index (Phi) is 7.15. The average molecular weight is 397 g/mol. The molecule has 1 heterocycles. The van der Waals surface area contributed by atoms with Gasteiger partial charge in [-0.15, -0.1) is 0 Å². The zero-order chi connectivity index (χ0) is 19.9. The number of nitrogens with one attached hydrogen (secondary N) is 1. The topological polar surface area (TPSA) is 49.4 Å². The van der Waals surface area contributed by atoms with Gasteiger partial charge in [0.1, 0.15) is 6.04 Å². The molecule has 1 N–H and O–H groups in total. The molecule has 2 amide bonds. The average Bonchev–Trinajstić information content (AvgIpc) is 3.02. The summed E-state index contributed by atoms with van der Waals surface area (Å²) in [7, 11) is 0. The van der Waals surface area contributed by atoms with E-state index < -0.39 is 6.04 Å². The summed E-state index contributed by atoms with van der Waals surface area (Å²) in [4.78, 5) is 27.6. The summed E-state index contributed by atoms with van der Waals surface area (Å²) < 4.78 is 0. The van der Waals surface area contributed by atoms with Gasteiger partial charge in [0.2, 0.25) is 5.91 Å². The maximum atomic E-state index is 12.9. The van der Waals surface area contributed by atoms with Crippen LogP contribution in [0.5, 0.6) is 0 Å². The smallest absolute Gasteiger partial charge is 0.255 e. The van der Waals surface area contributed by atoms with E-state index in [0.717, 1.165) is 23.3 Å². The summed E-state index contributed by atoms with van der Waals surface area (Å²) in [5.41, 5.74) is 2.94. The van der Waals surface area contributed by atoms with Crippen LogP contribution in [0.15, 0.2) is 54.6 Å². The Morgan fingerprint density at radius 3 is 2.54 bits per heavy atom. The first-order valence-electron chi connectivity index (χ1n) is 9.84. The number of hydrogen-bond donors (Lipinski definition) is 1. The van der Waals surface area contributed by atoms with Crippen LogP contribution in [-0.4, -0.2) is 35.1 Å². The minimum absolute atomic E-state index is 0.0417. The molecule has 0 unspecified atom stereocenters. The van der Waals surface area contributed by atoms with Crippen LogP contribution < -0.4 is 5.32 Å². The van der Waals surface area contributed by atoms with Gasteiger partial charge in [0.05, 0.1) is 0 Å². The highest BCUT2D eigenvalue weighted by atomic mass is 32.2. The van der Waals surface area contributed by atoms with Gasteiger partial charge in [-0.25, -0.2) is 0 Å². The van der Waals surface area contributed by atoms with E-state index in [1.54, 1.807) is 16.7 Å². The maximum absolute atomic E-state index is 12.9. The number of nitrogens with zero attached hydrogens (tertiary/aromatic N) is 1. The molecule has 5 heteroatoms. The van der Waals surface area contributed by atoms with Crippen molar-refractivity contribution in [1.82, 2.24) is 10.2 Å². The van der Waals surface area contributed by atoms with Gasteiger partial charge in [0.15, 0.2) is 0 Å². The van der Waals surface area contributed by atoms with Gasteiger partial charge < -0.3 is 10.2 Å². The van der Waals surface area contributed by atoms with E-state index in [2.05, 4.69) is 31.3 Å². The summed E-state index contributed by atoms with van der Waals surface area (Å²) in [6.45, 7) is 5.43. The molecule has 0 saturated carbocycles. The van der Waals surface area contributed by atoms with Gasteiger partial charge in [-0.3, -0.25) is 9.59 Å². The molecule has 0 saturated heterocycles. The van der Waals surface area contributed by atoms with Crippen molar-refractivity contribution in [2.45, 2.75) is 38.6 Å². The van der Waals surface area contributed by atoms with E-state index in [0.29, 0.717) is 24.8 Å². The molecule has 0 aliphatic carbocycles. The molecule has 4 nitrogen and oxygen atoms in total. The van der Waals surface area contributed by atoms with Crippen LogP contribution in [0.25, 0.3) is 0 Å². The second kappa shape index (κ2) is 9.78. The Morgan fingerprint density at radius 1 is 1.11 bits per heavy atom. The third-order valence-corrected chi connectivity index (χ3v) is 6.03. The molecule has 3 rings (SSSR count). The molecule has 0 aromatic heterocycles.